The van der Waals surface area contributed by atoms with E-state index in [1.54, 1.807) is 12.1 Å². The average molecular weight is 309 g/mol. The monoisotopic (exact) mass is 309 g/mol. The zero-order valence-electron chi connectivity index (χ0n) is 11.6. The van der Waals surface area contributed by atoms with Gasteiger partial charge in [0.25, 0.3) is 5.91 Å². The van der Waals surface area contributed by atoms with E-state index in [9.17, 15) is 18.0 Å². The van der Waals surface area contributed by atoms with Crippen molar-refractivity contribution in [1.82, 2.24) is 5.32 Å². The number of carbonyl (C=O) groups excluding carboxylic acids is 1. The highest BCUT2D eigenvalue weighted by molar-refractivity contribution is 5.94. The standard InChI is InChI=1S/C16H14F3NO2/c17-13-3-1-2-12(10-13)15(21)20-9-8-11-4-6-14(7-5-11)22-16(18)19/h1-7,10,16H,8-9H2,(H,20,21). The number of benzene rings is 2. The Hall–Kier alpha value is -2.50. The predicted molar refractivity (Wildman–Crippen MR) is 75.5 cm³/mol. The summed E-state index contributed by atoms with van der Waals surface area (Å²) in [4.78, 5) is 11.8. The summed E-state index contributed by atoms with van der Waals surface area (Å²) in [6.45, 7) is -2.50. The summed E-state index contributed by atoms with van der Waals surface area (Å²) in [5.74, 6) is -0.748. The molecule has 0 aromatic heterocycles. The van der Waals surface area contributed by atoms with Gasteiger partial charge in [0.1, 0.15) is 11.6 Å². The van der Waals surface area contributed by atoms with Crippen LogP contribution >= 0.6 is 0 Å². The molecule has 0 saturated carbocycles. The van der Waals surface area contributed by atoms with Crippen LogP contribution in [0.15, 0.2) is 48.5 Å². The average Bonchev–Trinajstić information content (AvgIpc) is 2.48. The van der Waals surface area contributed by atoms with Crippen LogP contribution in [-0.4, -0.2) is 19.1 Å². The van der Waals surface area contributed by atoms with Gasteiger partial charge in [0.05, 0.1) is 0 Å². The maximum Gasteiger partial charge on any atom is 0.387 e. The van der Waals surface area contributed by atoms with Gasteiger partial charge in [-0.05, 0) is 42.3 Å². The van der Waals surface area contributed by atoms with Crippen molar-refractivity contribution >= 4 is 5.91 Å². The Labute approximate surface area is 125 Å². The molecule has 1 N–H and O–H groups in total. The van der Waals surface area contributed by atoms with E-state index < -0.39 is 12.4 Å². The maximum atomic E-state index is 13.0. The van der Waals surface area contributed by atoms with Gasteiger partial charge in [0, 0.05) is 12.1 Å². The molecule has 6 heteroatoms. The molecule has 0 saturated heterocycles. The first-order valence-corrected chi connectivity index (χ1v) is 6.62. The highest BCUT2D eigenvalue weighted by Gasteiger charge is 2.06. The van der Waals surface area contributed by atoms with Gasteiger partial charge in [-0.2, -0.15) is 8.78 Å². The Bertz CT molecular complexity index is 630. The van der Waals surface area contributed by atoms with Crippen LogP contribution in [0.5, 0.6) is 5.75 Å². The number of rotatable bonds is 6. The summed E-state index contributed by atoms with van der Waals surface area (Å²) < 4.78 is 41.3. The minimum atomic E-state index is -2.85. The van der Waals surface area contributed by atoms with Crippen LogP contribution in [0.3, 0.4) is 0 Å². The van der Waals surface area contributed by atoms with Gasteiger partial charge in [0.2, 0.25) is 0 Å². The molecule has 2 aromatic carbocycles. The molecule has 0 atom stereocenters. The number of alkyl halides is 2. The molecule has 0 aliphatic rings. The van der Waals surface area contributed by atoms with E-state index in [2.05, 4.69) is 10.1 Å². The maximum absolute atomic E-state index is 13.0. The quantitative estimate of drug-likeness (QED) is 0.888. The molecule has 0 spiro atoms. The van der Waals surface area contributed by atoms with Crippen LogP contribution in [0.25, 0.3) is 0 Å². The SMILES string of the molecule is O=C(NCCc1ccc(OC(F)F)cc1)c1cccc(F)c1. The lowest BCUT2D eigenvalue weighted by Gasteiger charge is -2.07. The topological polar surface area (TPSA) is 38.3 Å². The van der Waals surface area contributed by atoms with E-state index >= 15 is 0 Å². The molecule has 0 fully saturated rings. The van der Waals surface area contributed by atoms with Crippen molar-refractivity contribution in [1.29, 1.82) is 0 Å². The fourth-order valence-corrected chi connectivity index (χ4v) is 1.89. The molecule has 22 heavy (non-hydrogen) atoms. The molecular weight excluding hydrogens is 295 g/mol. The second-order valence-electron chi connectivity index (χ2n) is 4.54. The molecule has 0 unspecified atom stereocenters. The molecule has 0 aliphatic heterocycles. The van der Waals surface area contributed by atoms with Crippen LogP contribution in [0.2, 0.25) is 0 Å². The lowest BCUT2D eigenvalue weighted by molar-refractivity contribution is -0.0498. The number of hydrogen-bond donors (Lipinski definition) is 1. The van der Waals surface area contributed by atoms with Crippen molar-refractivity contribution < 1.29 is 22.7 Å². The molecular formula is C16H14F3NO2. The van der Waals surface area contributed by atoms with Crippen LogP contribution in [-0.2, 0) is 6.42 Å². The van der Waals surface area contributed by atoms with E-state index in [4.69, 9.17) is 0 Å². The van der Waals surface area contributed by atoms with Gasteiger partial charge in [0.15, 0.2) is 0 Å². The Morgan fingerprint density at radius 3 is 2.50 bits per heavy atom. The minimum absolute atomic E-state index is 0.0857. The van der Waals surface area contributed by atoms with Crippen molar-refractivity contribution in [3.05, 3.63) is 65.5 Å². The lowest BCUT2D eigenvalue weighted by Crippen LogP contribution is -2.25. The summed E-state index contributed by atoms with van der Waals surface area (Å²) in [5.41, 5.74) is 1.11. The van der Waals surface area contributed by atoms with Crippen molar-refractivity contribution in [3.63, 3.8) is 0 Å². The van der Waals surface area contributed by atoms with E-state index in [-0.39, 0.29) is 17.2 Å². The summed E-state index contributed by atoms with van der Waals surface area (Å²) in [5, 5.41) is 2.66. The van der Waals surface area contributed by atoms with E-state index in [1.807, 2.05) is 0 Å². The number of hydrogen-bond acceptors (Lipinski definition) is 2. The van der Waals surface area contributed by atoms with Crippen LogP contribution in [0.4, 0.5) is 13.2 Å². The summed E-state index contributed by atoms with van der Waals surface area (Å²) in [7, 11) is 0. The second kappa shape index (κ2) is 7.49. The molecule has 0 bridgehead atoms. The first-order valence-electron chi connectivity index (χ1n) is 6.62. The number of halogens is 3. The molecule has 2 rings (SSSR count). The van der Waals surface area contributed by atoms with Gasteiger partial charge >= 0.3 is 6.61 Å². The third-order valence-corrected chi connectivity index (χ3v) is 2.93. The van der Waals surface area contributed by atoms with Crippen molar-refractivity contribution in [2.75, 3.05) is 6.54 Å². The van der Waals surface area contributed by atoms with Crippen molar-refractivity contribution in [2.45, 2.75) is 13.0 Å². The smallest absolute Gasteiger partial charge is 0.387 e. The largest absolute Gasteiger partial charge is 0.435 e. The van der Waals surface area contributed by atoms with E-state index in [0.717, 1.165) is 11.6 Å². The number of amides is 1. The fourth-order valence-electron chi connectivity index (χ4n) is 1.89. The normalized spacial score (nSPS) is 10.5. The molecule has 3 nitrogen and oxygen atoms in total. The number of carbonyl (C=O) groups is 1. The number of nitrogens with one attached hydrogen (secondary N) is 1. The third-order valence-electron chi connectivity index (χ3n) is 2.93. The first kappa shape index (κ1) is 15.9. The summed E-state index contributed by atoms with van der Waals surface area (Å²) in [6, 6.07) is 11.6. The van der Waals surface area contributed by atoms with E-state index in [0.29, 0.717) is 13.0 Å². The Kier molecular flexibility index (Phi) is 5.41. The third kappa shape index (κ3) is 4.80. The first-order chi connectivity index (χ1) is 10.5. The number of ether oxygens (including phenoxy) is 1. The van der Waals surface area contributed by atoms with Crippen molar-refractivity contribution in [3.8, 4) is 5.75 Å². The zero-order valence-corrected chi connectivity index (χ0v) is 11.6. The molecule has 0 heterocycles. The van der Waals surface area contributed by atoms with Gasteiger partial charge < -0.3 is 10.1 Å². The Balaban J connectivity index is 1.82. The Morgan fingerprint density at radius 2 is 1.86 bits per heavy atom. The molecule has 1 amide bonds. The highest BCUT2D eigenvalue weighted by Crippen LogP contribution is 2.15. The molecule has 0 radical (unpaired) electrons. The zero-order chi connectivity index (χ0) is 15.9. The van der Waals surface area contributed by atoms with Crippen LogP contribution in [0.1, 0.15) is 15.9 Å². The fraction of sp³-hybridized carbons (Fsp3) is 0.188. The minimum Gasteiger partial charge on any atom is -0.435 e. The Morgan fingerprint density at radius 1 is 1.14 bits per heavy atom. The van der Waals surface area contributed by atoms with Crippen LogP contribution < -0.4 is 10.1 Å². The molecule has 116 valence electrons. The van der Waals surface area contributed by atoms with Gasteiger partial charge in [-0.1, -0.05) is 18.2 Å². The summed E-state index contributed by atoms with van der Waals surface area (Å²) in [6.07, 6.45) is 0.524. The van der Waals surface area contributed by atoms with Crippen LogP contribution in [0, 0.1) is 5.82 Å². The lowest BCUT2D eigenvalue weighted by atomic mass is 10.1. The molecule has 0 aliphatic carbocycles. The molecule has 2 aromatic rings. The highest BCUT2D eigenvalue weighted by atomic mass is 19.3. The van der Waals surface area contributed by atoms with Gasteiger partial charge in [-0.3, -0.25) is 4.79 Å². The van der Waals surface area contributed by atoms with Gasteiger partial charge in [-0.15, -0.1) is 0 Å². The predicted octanol–water partition coefficient (Wildman–Crippen LogP) is 3.40. The summed E-state index contributed by atoms with van der Waals surface area (Å²) >= 11 is 0. The van der Waals surface area contributed by atoms with Crippen molar-refractivity contribution in [2.24, 2.45) is 0 Å². The van der Waals surface area contributed by atoms with Gasteiger partial charge in [-0.25, -0.2) is 4.39 Å². The van der Waals surface area contributed by atoms with E-state index in [1.165, 1.54) is 30.3 Å². The second-order valence-corrected chi connectivity index (χ2v) is 4.54.